The summed E-state index contributed by atoms with van der Waals surface area (Å²) in [6, 6.07) is 10.4. The van der Waals surface area contributed by atoms with Crippen molar-refractivity contribution >= 4 is 93.6 Å². The number of amides is 7. The van der Waals surface area contributed by atoms with Crippen molar-refractivity contribution in [3.8, 4) is 0 Å². The van der Waals surface area contributed by atoms with Crippen LogP contribution in [0.15, 0.2) is 59.8 Å². The number of nitrogens with two attached hydrogens (primary N) is 1. The Morgan fingerprint density at radius 3 is 2.10 bits per heavy atom. The van der Waals surface area contributed by atoms with Gasteiger partial charge >= 0.3 is 18.0 Å². The number of hydrogen-bond acceptors (Lipinski definition) is 17. The van der Waals surface area contributed by atoms with E-state index < -0.39 is 48.2 Å². The summed E-state index contributed by atoms with van der Waals surface area (Å²) < 4.78 is 0. The van der Waals surface area contributed by atoms with E-state index in [0.717, 1.165) is 37.9 Å². The molecule has 80 heavy (non-hydrogen) atoms. The van der Waals surface area contributed by atoms with Gasteiger partial charge in [0.05, 0.1) is 30.5 Å². The minimum absolute atomic E-state index is 0.0210. The van der Waals surface area contributed by atoms with E-state index in [9.17, 15) is 43.5 Å². The number of urea groups is 1. The van der Waals surface area contributed by atoms with Gasteiger partial charge in [-0.05, 0) is 99.7 Å². The lowest BCUT2D eigenvalue weighted by Crippen LogP contribution is -2.47. The fourth-order valence-electron chi connectivity index (χ4n) is 8.92. The number of nitrogens with one attached hydrogen (secondary N) is 8. The van der Waals surface area contributed by atoms with Crippen molar-refractivity contribution in [2.45, 2.75) is 126 Å². The molecule has 2 aromatic heterocycles. The molecule has 0 aliphatic carbocycles. The largest absolute Gasteiger partial charge is 0.481 e. The Bertz CT molecular complexity index is 2860. The van der Waals surface area contributed by atoms with Gasteiger partial charge in [0.2, 0.25) is 23.7 Å². The van der Waals surface area contributed by atoms with Crippen molar-refractivity contribution < 1.29 is 48.6 Å². The molecule has 4 heterocycles. The Hall–Kier alpha value is -8.52. The molecule has 5 atom stereocenters. The van der Waals surface area contributed by atoms with Gasteiger partial charge in [-0.2, -0.15) is 21.7 Å². The van der Waals surface area contributed by atoms with E-state index in [1.807, 2.05) is 16.7 Å². The molecule has 27 nitrogen and oxygen atoms in total. The first kappa shape index (κ1) is 60.7. The highest BCUT2D eigenvalue weighted by Crippen LogP contribution is 2.33. The lowest BCUT2D eigenvalue weighted by molar-refractivity contribution is -0.140. The molecule has 2 aliphatic heterocycles. The van der Waals surface area contributed by atoms with Crippen LogP contribution in [0.25, 0.3) is 21.6 Å². The number of carboxylic acids is 2. The zero-order valence-electron chi connectivity index (χ0n) is 44.4. The number of benzene rings is 2. The first-order valence-electron chi connectivity index (χ1n) is 26.6. The number of nitrogen functional groups attached to an aromatic ring is 1. The van der Waals surface area contributed by atoms with Crippen LogP contribution >= 0.6 is 11.8 Å². The highest BCUT2D eigenvalue weighted by molar-refractivity contribution is 8.00. The quantitative estimate of drug-likeness (QED) is 0.0103. The second kappa shape index (κ2) is 31.2. The molecule has 2 fully saturated rings. The number of nitrogens with zero attached hydrogens (tertiary/aromatic N) is 8. The Morgan fingerprint density at radius 2 is 1.43 bits per heavy atom. The highest BCUT2D eigenvalue weighted by atomic mass is 32.2. The lowest BCUT2D eigenvalue weighted by atomic mass is 10.0. The molecular formula is C52H69N17O10S. The predicted octanol–water partition coefficient (Wildman–Crippen LogP) is 4.03. The maximum atomic E-state index is 13.5. The number of aromatic nitrogens is 4. The predicted molar refractivity (Wildman–Crippen MR) is 299 cm³/mol. The lowest BCUT2D eigenvalue weighted by Gasteiger charge is -2.19. The van der Waals surface area contributed by atoms with Crippen molar-refractivity contribution in [1.82, 2.24) is 57.2 Å². The minimum Gasteiger partial charge on any atom is -0.481 e. The van der Waals surface area contributed by atoms with Crippen molar-refractivity contribution in [1.29, 1.82) is 0 Å². The second-order valence-electron chi connectivity index (χ2n) is 19.4. The van der Waals surface area contributed by atoms with Crippen LogP contribution in [0.5, 0.6) is 0 Å². The number of unbranched alkanes of at least 4 members (excludes halogenated alkanes) is 4. The Kier molecular flexibility index (Phi) is 23.7. The van der Waals surface area contributed by atoms with Gasteiger partial charge in [0.15, 0.2) is 17.0 Å². The number of carbonyl (C=O) groups is 8. The molecule has 28 heteroatoms. The van der Waals surface area contributed by atoms with Crippen LogP contribution in [0.3, 0.4) is 0 Å². The number of azide groups is 1. The van der Waals surface area contributed by atoms with Crippen LogP contribution in [-0.4, -0.2) is 146 Å². The van der Waals surface area contributed by atoms with Gasteiger partial charge < -0.3 is 63.4 Å². The number of thioether (sulfide) groups is 1. The van der Waals surface area contributed by atoms with Gasteiger partial charge in [0, 0.05) is 90.9 Å². The third-order valence-electron chi connectivity index (χ3n) is 13.3. The van der Waals surface area contributed by atoms with Crippen molar-refractivity contribution in [2.24, 2.45) is 5.11 Å². The summed E-state index contributed by atoms with van der Waals surface area (Å²) in [6.45, 7) is 1.80. The van der Waals surface area contributed by atoms with E-state index in [2.05, 4.69) is 72.5 Å². The number of fused-ring (bicyclic) bond motifs is 2. The van der Waals surface area contributed by atoms with Gasteiger partial charge in [-0.3, -0.25) is 28.8 Å². The zero-order chi connectivity index (χ0) is 57.4. The number of carboxylic acid groups (broad SMARTS) is 2. The van der Waals surface area contributed by atoms with Crippen LogP contribution in [0.1, 0.15) is 116 Å². The molecule has 0 saturated carbocycles. The van der Waals surface area contributed by atoms with Crippen LogP contribution in [0.2, 0.25) is 0 Å². The molecule has 428 valence electrons. The molecule has 2 aliphatic rings. The van der Waals surface area contributed by atoms with E-state index in [4.69, 9.17) is 16.4 Å². The average Bonchev–Trinajstić information content (AvgIpc) is 4.04. The van der Waals surface area contributed by atoms with Crippen molar-refractivity contribution in [3.63, 3.8) is 0 Å². The van der Waals surface area contributed by atoms with Crippen LogP contribution in [0, 0.1) is 0 Å². The Labute approximate surface area is 465 Å². The molecule has 4 aromatic rings. The first-order chi connectivity index (χ1) is 38.6. The number of rotatable bonds is 34. The molecular weight excluding hydrogens is 1050 g/mol. The normalized spacial score (nSPS) is 15.9. The molecule has 0 spiro atoms. The molecule has 7 amide bonds. The molecule has 0 unspecified atom stereocenters. The average molecular weight is 1120 g/mol. The summed E-state index contributed by atoms with van der Waals surface area (Å²) in [4.78, 5) is 121. The fourth-order valence-corrected chi connectivity index (χ4v) is 10.5. The third-order valence-corrected chi connectivity index (χ3v) is 14.8. The van der Waals surface area contributed by atoms with Gasteiger partial charge in [-0.15, -0.1) is 0 Å². The maximum Gasteiger partial charge on any atom is 0.326 e. The van der Waals surface area contributed by atoms with Crippen LogP contribution in [0.4, 0.5) is 27.9 Å². The van der Waals surface area contributed by atoms with Gasteiger partial charge in [0.25, 0.3) is 11.8 Å². The number of aliphatic carboxylic acids is 2. The van der Waals surface area contributed by atoms with E-state index in [1.165, 1.54) is 36.4 Å². The topological polar surface area (TPSA) is 403 Å². The highest BCUT2D eigenvalue weighted by Gasteiger charge is 2.42. The Balaban J connectivity index is 0.878. The molecule has 12 N–H and O–H groups in total. The summed E-state index contributed by atoms with van der Waals surface area (Å²) in [5.74, 6) is -2.92. The van der Waals surface area contributed by atoms with Crippen LogP contribution < -0.4 is 53.2 Å². The second-order valence-corrected chi connectivity index (χ2v) is 20.6. The number of hydrogen-bond donors (Lipinski definition) is 11. The maximum absolute atomic E-state index is 13.5. The van der Waals surface area contributed by atoms with E-state index in [0.29, 0.717) is 86.9 Å². The van der Waals surface area contributed by atoms with E-state index >= 15 is 0 Å². The van der Waals surface area contributed by atoms with E-state index in [1.54, 1.807) is 25.4 Å². The molecule has 2 saturated heterocycles. The fraction of sp³-hybridized carbons (Fsp3) is 0.500. The Morgan fingerprint density at radius 1 is 0.775 bits per heavy atom. The smallest absolute Gasteiger partial charge is 0.326 e. The summed E-state index contributed by atoms with van der Waals surface area (Å²) in [5, 5.41) is 45.2. The van der Waals surface area contributed by atoms with Crippen molar-refractivity contribution in [2.75, 3.05) is 54.9 Å². The monoisotopic (exact) mass is 1120 g/mol. The van der Waals surface area contributed by atoms with Crippen LogP contribution in [-0.2, 0) is 30.5 Å². The SMILES string of the molecule is CN(Cc1cnc2nc(NCCCNC(=O)[C@H](CCCCNC(=O)CCCCCNC(=O)CCCC[C@@H]3SC[C@@H]4NC(=O)N[C@@H]43)NC(=O)c3ccc(N=[N+]=[N-])cc3)nc(N)c2n1)c1ccc(C(=O)N[C@@H](CCC(=O)O)C(=O)O)cc1. The first-order valence-corrected chi connectivity index (χ1v) is 27.7. The summed E-state index contributed by atoms with van der Waals surface area (Å²) in [6.07, 6.45) is 8.41. The standard InChI is InChI=1S/C52H69N17O10S/c1-69(35-20-16-32(17-21-35)48(75)62-37(50(77)78)22-23-42(72)73)29-34-28-59-46-44(60-34)45(53)65-51(66-46)58-27-9-26-57-49(76)36(61-47(74)31-14-18-33(19-15-31)67-68-54)10-6-8-25-56-40(70)12-3-2-7-24-55-41(71)13-5-4-11-39-43-38(30-80-39)63-52(79)64-43/h14-21,28,36-39,43H,2-13,22-27,29-30H2,1H3,(H,55,71)(H,56,70)(H,57,76)(H,61,74)(H,62,75)(H,72,73)(H,77,78)(H2,63,64,79)(H3,53,58,59,65,66)/t36-,37-,38-,39-,43-/m0/s1. The van der Waals surface area contributed by atoms with Gasteiger partial charge in [0.1, 0.15) is 12.1 Å². The third kappa shape index (κ3) is 19.4. The summed E-state index contributed by atoms with van der Waals surface area (Å²) in [5.41, 5.74) is 17.6. The minimum atomic E-state index is -1.36. The number of carbonyl (C=O) groups excluding carboxylic acids is 6. The summed E-state index contributed by atoms with van der Waals surface area (Å²) >= 11 is 1.87. The van der Waals surface area contributed by atoms with E-state index in [-0.39, 0.29) is 83.5 Å². The van der Waals surface area contributed by atoms with Gasteiger partial charge in [-0.25, -0.2) is 19.6 Å². The zero-order valence-corrected chi connectivity index (χ0v) is 45.3. The van der Waals surface area contributed by atoms with Gasteiger partial charge in [-0.1, -0.05) is 30.1 Å². The van der Waals surface area contributed by atoms with Crippen molar-refractivity contribution in [3.05, 3.63) is 82.0 Å². The number of anilines is 3. The molecule has 2 aromatic carbocycles. The molecule has 0 bridgehead atoms. The molecule has 0 radical (unpaired) electrons. The molecule has 6 rings (SSSR count). The summed E-state index contributed by atoms with van der Waals surface area (Å²) in [7, 11) is 1.79.